The summed E-state index contributed by atoms with van der Waals surface area (Å²) in [6.45, 7) is 44.1. The van der Waals surface area contributed by atoms with E-state index in [4.69, 9.17) is 0 Å². The van der Waals surface area contributed by atoms with Gasteiger partial charge < -0.3 is 0 Å². The Kier molecular flexibility index (Phi) is 11.3. The minimum atomic E-state index is -6.74. The van der Waals surface area contributed by atoms with Gasteiger partial charge in [0.25, 0.3) is 0 Å². The molecule has 61 heavy (non-hydrogen) atoms. The number of rotatable bonds is 6. The van der Waals surface area contributed by atoms with Gasteiger partial charge in [-0.2, -0.15) is 0 Å². The standard InChI is InChI=1S/C60H78I/c1-55(2,3)43-31-19-25-37-49(43)61(50-38-26-20-32-44(50)56(4,5)6,51-39-27-21-33-45(51)57(7,8)9,52-40-28-22-34-46(52)58(10,11)12,53-41-29-23-35-47(53)59(13,14)15)54-42-30-24-36-48(54)60(16,17)18/h19-42H,1-18H3/q+1. The van der Waals surface area contributed by atoms with Crippen LogP contribution in [0.3, 0.4) is 0 Å². The molecule has 0 fully saturated rings. The molecule has 1 heteroatoms. The van der Waals surface area contributed by atoms with E-state index in [2.05, 4.69) is 270 Å². The molecular weight excluding hydrogens is 848 g/mol. The Balaban J connectivity index is 2.50. The molecule has 324 valence electrons. The van der Waals surface area contributed by atoms with Crippen LogP contribution in [0.25, 0.3) is 0 Å². The van der Waals surface area contributed by atoms with Crippen molar-refractivity contribution in [3.05, 3.63) is 200 Å². The Morgan fingerprint density at radius 3 is 0.426 bits per heavy atom. The van der Waals surface area contributed by atoms with E-state index in [0.717, 1.165) is 0 Å². The van der Waals surface area contributed by atoms with Gasteiger partial charge in [-0.1, -0.05) is 0 Å². The molecule has 6 aromatic rings. The van der Waals surface area contributed by atoms with Gasteiger partial charge in [0, 0.05) is 0 Å². The molecular formula is C60H78I+. The number of hydrogen-bond donors (Lipinski definition) is 0. The Bertz CT molecular complexity index is 2090. The molecule has 0 amide bonds. The van der Waals surface area contributed by atoms with Gasteiger partial charge in [0.2, 0.25) is 0 Å². The first-order chi connectivity index (χ1) is 28.0. The molecule has 6 rings (SSSR count). The molecule has 0 radical (unpaired) electrons. The summed E-state index contributed by atoms with van der Waals surface area (Å²) < 4.78 is 8.77. The SMILES string of the molecule is CC(C)(C)c1ccccc1[I+](c1ccccc1C(C)(C)C)(c1ccccc1C(C)(C)C)(c1ccccc1C(C)(C)C)(c1ccccc1C(C)(C)C)c1ccccc1C(C)(C)C. The van der Waals surface area contributed by atoms with Crippen molar-refractivity contribution in [2.45, 2.75) is 157 Å². The van der Waals surface area contributed by atoms with Gasteiger partial charge in [0.05, 0.1) is 0 Å². The summed E-state index contributed by atoms with van der Waals surface area (Å²) in [6.07, 6.45) is 0. The van der Waals surface area contributed by atoms with Gasteiger partial charge >= 0.3 is 373 Å². The van der Waals surface area contributed by atoms with Gasteiger partial charge in [-0.3, -0.25) is 0 Å². The predicted octanol–water partition coefficient (Wildman–Crippen LogP) is 13.2. The second kappa shape index (κ2) is 14.8. The molecule has 0 atom stereocenters. The van der Waals surface area contributed by atoms with Crippen molar-refractivity contribution < 1.29 is 15.7 Å². The maximum atomic E-state index is 2.63. The summed E-state index contributed by atoms with van der Waals surface area (Å²) in [5.74, 6) is 0. The predicted molar refractivity (Wildman–Crippen MR) is 263 cm³/mol. The van der Waals surface area contributed by atoms with E-state index in [0.29, 0.717) is 0 Å². The van der Waals surface area contributed by atoms with E-state index < -0.39 is 15.7 Å². The van der Waals surface area contributed by atoms with E-state index in [1.165, 1.54) is 54.8 Å². The third kappa shape index (κ3) is 6.56. The van der Waals surface area contributed by atoms with E-state index in [-0.39, 0.29) is 32.5 Å². The summed E-state index contributed by atoms with van der Waals surface area (Å²) in [5, 5.41) is 0. The van der Waals surface area contributed by atoms with Crippen molar-refractivity contribution in [3.8, 4) is 0 Å². The molecule has 0 aliphatic carbocycles. The quantitative estimate of drug-likeness (QED) is 0.146. The van der Waals surface area contributed by atoms with Gasteiger partial charge in [-0.25, -0.2) is 0 Å². The first kappa shape index (κ1) is 46.6. The Morgan fingerprint density at radius 1 is 0.197 bits per heavy atom. The van der Waals surface area contributed by atoms with Crippen molar-refractivity contribution in [3.63, 3.8) is 0 Å². The normalized spacial score (nSPS) is 14.7. The van der Waals surface area contributed by atoms with Crippen LogP contribution in [0.1, 0.15) is 158 Å². The molecule has 0 bridgehead atoms. The van der Waals surface area contributed by atoms with Gasteiger partial charge in [-0.15, -0.1) is 0 Å². The van der Waals surface area contributed by atoms with Crippen LogP contribution in [-0.2, 0) is 32.5 Å². The molecule has 0 unspecified atom stereocenters. The van der Waals surface area contributed by atoms with Crippen molar-refractivity contribution in [1.82, 2.24) is 0 Å². The first-order valence-corrected chi connectivity index (χ1v) is 29.1. The summed E-state index contributed by atoms with van der Waals surface area (Å²) in [5.41, 5.74) is 6.86. The molecule has 0 aromatic heterocycles. The zero-order chi connectivity index (χ0) is 45.3. The van der Waals surface area contributed by atoms with Crippen LogP contribution in [0, 0.1) is 21.4 Å². The average molecular weight is 926 g/mol. The average Bonchev–Trinajstić information content (AvgIpc) is 3.18. The molecule has 0 N–H and O–H groups in total. The molecule has 0 nitrogen and oxygen atoms in total. The Morgan fingerprint density at radius 2 is 0.311 bits per heavy atom. The van der Waals surface area contributed by atoms with Gasteiger partial charge in [0.1, 0.15) is 0 Å². The second-order valence-corrected chi connectivity index (χ2v) is 38.9. The first-order valence-electron chi connectivity index (χ1n) is 22.6. The van der Waals surface area contributed by atoms with Crippen LogP contribution in [0.15, 0.2) is 146 Å². The van der Waals surface area contributed by atoms with Crippen molar-refractivity contribution in [1.29, 1.82) is 0 Å². The van der Waals surface area contributed by atoms with Crippen LogP contribution < -0.4 is 15.7 Å². The Labute approximate surface area is 370 Å². The monoisotopic (exact) mass is 926 g/mol. The van der Waals surface area contributed by atoms with Crippen molar-refractivity contribution in [2.75, 3.05) is 0 Å². The Hall–Kier alpha value is -3.95. The fourth-order valence-corrected chi connectivity index (χ4v) is 41.2. The third-order valence-corrected chi connectivity index (χ3v) is 36.2. The minimum absolute atomic E-state index is 0.247. The van der Waals surface area contributed by atoms with Crippen LogP contribution in [0.2, 0.25) is 0 Å². The second-order valence-electron chi connectivity index (χ2n) is 23.8. The fourth-order valence-electron chi connectivity index (χ4n) is 10.5. The zero-order valence-corrected chi connectivity index (χ0v) is 43.4. The van der Waals surface area contributed by atoms with Crippen LogP contribution in [0.4, 0.5) is 0 Å². The van der Waals surface area contributed by atoms with E-state index in [1.807, 2.05) is 0 Å². The number of benzene rings is 6. The van der Waals surface area contributed by atoms with Gasteiger partial charge in [-0.05, 0) is 0 Å². The maximum absolute atomic E-state index is 6.74. The topological polar surface area (TPSA) is 0 Å². The van der Waals surface area contributed by atoms with Crippen molar-refractivity contribution in [2.24, 2.45) is 0 Å². The fraction of sp³-hybridized carbons (Fsp3) is 0.400. The molecule has 0 saturated carbocycles. The number of hydrogen-bond acceptors (Lipinski definition) is 0. The van der Waals surface area contributed by atoms with E-state index in [9.17, 15) is 0 Å². The molecule has 0 saturated heterocycles. The van der Waals surface area contributed by atoms with E-state index in [1.54, 1.807) is 0 Å². The third-order valence-electron chi connectivity index (χ3n) is 13.1. The van der Waals surface area contributed by atoms with Crippen LogP contribution in [0.5, 0.6) is 0 Å². The summed E-state index contributed by atoms with van der Waals surface area (Å²) >= 11 is -6.74. The summed E-state index contributed by atoms with van der Waals surface area (Å²) in [4.78, 5) is 0. The molecule has 0 spiro atoms. The molecule has 0 aliphatic rings. The molecule has 6 aromatic carbocycles. The number of halogens is 1. The molecule has 0 aliphatic heterocycles. The van der Waals surface area contributed by atoms with Gasteiger partial charge in [0.15, 0.2) is 0 Å². The van der Waals surface area contributed by atoms with Crippen molar-refractivity contribution >= 4 is 0 Å². The summed E-state index contributed by atoms with van der Waals surface area (Å²) in [7, 11) is 0. The summed E-state index contributed by atoms with van der Waals surface area (Å²) in [6, 6.07) is 58.9. The zero-order valence-electron chi connectivity index (χ0n) is 41.2. The van der Waals surface area contributed by atoms with Crippen LogP contribution in [-0.4, -0.2) is 0 Å². The van der Waals surface area contributed by atoms with E-state index >= 15 is 0 Å². The molecule has 0 heterocycles. The van der Waals surface area contributed by atoms with Crippen LogP contribution >= 0.6 is 0 Å².